The number of carbonyl (C=O) groups excluding carboxylic acids is 2. The first kappa shape index (κ1) is 16.5. The van der Waals surface area contributed by atoms with E-state index in [4.69, 9.17) is 27.9 Å². The zero-order chi connectivity index (χ0) is 15.5. The number of hydrogen-bond donors (Lipinski definition) is 1. The van der Waals surface area contributed by atoms with Crippen LogP contribution in [0.3, 0.4) is 0 Å². The van der Waals surface area contributed by atoms with E-state index < -0.39 is 11.5 Å². The Balaban J connectivity index is 2.23. The van der Waals surface area contributed by atoms with Gasteiger partial charge in [0.05, 0.1) is 7.11 Å². The molecule has 1 aliphatic rings. The minimum Gasteiger partial charge on any atom is -0.467 e. The summed E-state index contributed by atoms with van der Waals surface area (Å²) in [5.41, 5.74) is -0.639. The molecule has 1 fully saturated rings. The van der Waals surface area contributed by atoms with Crippen molar-refractivity contribution in [2.45, 2.75) is 18.4 Å². The molecular formula is C14H15Cl2NO3S. The Morgan fingerprint density at radius 2 is 1.76 bits per heavy atom. The van der Waals surface area contributed by atoms with Crippen LogP contribution < -0.4 is 5.32 Å². The first-order valence-electron chi connectivity index (χ1n) is 6.42. The van der Waals surface area contributed by atoms with E-state index in [2.05, 4.69) is 5.32 Å². The molecule has 0 aliphatic carbocycles. The molecule has 7 heteroatoms. The lowest BCUT2D eigenvalue weighted by Gasteiger charge is -2.34. The topological polar surface area (TPSA) is 55.4 Å². The molecule has 4 nitrogen and oxygen atoms in total. The van der Waals surface area contributed by atoms with E-state index in [0.717, 1.165) is 11.5 Å². The van der Waals surface area contributed by atoms with E-state index in [9.17, 15) is 9.59 Å². The van der Waals surface area contributed by atoms with Crippen LogP contribution in [0.25, 0.3) is 0 Å². The molecule has 1 aliphatic heterocycles. The fourth-order valence-electron chi connectivity index (χ4n) is 2.27. The molecule has 0 atom stereocenters. The van der Waals surface area contributed by atoms with Gasteiger partial charge in [-0.05, 0) is 42.5 Å². The van der Waals surface area contributed by atoms with Crippen molar-refractivity contribution in [3.8, 4) is 0 Å². The van der Waals surface area contributed by atoms with Crippen molar-refractivity contribution in [2.75, 3.05) is 18.6 Å². The van der Waals surface area contributed by atoms with Crippen molar-refractivity contribution in [3.63, 3.8) is 0 Å². The Hall–Kier alpha value is -0.910. The second-order valence-electron chi connectivity index (χ2n) is 4.80. The molecule has 1 saturated heterocycles. The fourth-order valence-corrected chi connectivity index (χ4v) is 3.99. The van der Waals surface area contributed by atoms with Crippen LogP contribution >= 0.6 is 35.0 Å². The summed E-state index contributed by atoms with van der Waals surface area (Å²) in [6.45, 7) is 0. The van der Waals surface area contributed by atoms with Gasteiger partial charge in [0.15, 0.2) is 0 Å². The number of methoxy groups -OCH3 is 1. The molecule has 0 radical (unpaired) electrons. The Labute approximate surface area is 137 Å². The van der Waals surface area contributed by atoms with E-state index in [1.165, 1.54) is 19.2 Å². The Morgan fingerprint density at radius 1 is 1.19 bits per heavy atom. The maximum atomic E-state index is 12.4. The Morgan fingerprint density at radius 3 is 2.29 bits per heavy atom. The van der Waals surface area contributed by atoms with Crippen molar-refractivity contribution in [2.24, 2.45) is 0 Å². The van der Waals surface area contributed by atoms with Crippen LogP contribution in [0.4, 0.5) is 0 Å². The highest BCUT2D eigenvalue weighted by molar-refractivity contribution is 7.99. The van der Waals surface area contributed by atoms with E-state index in [-0.39, 0.29) is 5.91 Å². The molecule has 0 spiro atoms. The highest BCUT2D eigenvalue weighted by Crippen LogP contribution is 2.29. The molecule has 21 heavy (non-hydrogen) atoms. The monoisotopic (exact) mass is 347 g/mol. The summed E-state index contributed by atoms with van der Waals surface area (Å²) in [6.07, 6.45) is 1.09. The minimum absolute atomic E-state index is 0.328. The van der Waals surface area contributed by atoms with Crippen LogP contribution in [-0.2, 0) is 9.53 Å². The normalized spacial score (nSPS) is 17.1. The van der Waals surface area contributed by atoms with Crippen LogP contribution in [0.15, 0.2) is 18.2 Å². The number of benzene rings is 1. The van der Waals surface area contributed by atoms with E-state index in [1.54, 1.807) is 17.8 Å². The first-order valence-corrected chi connectivity index (χ1v) is 8.33. The molecule has 1 N–H and O–H groups in total. The zero-order valence-electron chi connectivity index (χ0n) is 11.4. The zero-order valence-corrected chi connectivity index (χ0v) is 13.8. The third-order valence-electron chi connectivity index (χ3n) is 3.40. The lowest BCUT2D eigenvalue weighted by atomic mass is 9.91. The van der Waals surface area contributed by atoms with Gasteiger partial charge in [-0.1, -0.05) is 23.2 Å². The largest absolute Gasteiger partial charge is 0.467 e. The highest BCUT2D eigenvalue weighted by Gasteiger charge is 2.42. The molecule has 1 heterocycles. The smallest absolute Gasteiger partial charge is 0.331 e. The van der Waals surface area contributed by atoms with Crippen LogP contribution in [0.1, 0.15) is 23.2 Å². The molecule has 1 aromatic rings. The van der Waals surface area contributed by atoms with Gasteiger partial charge in [-0.25, -0.2) is 4.79 Å². The van der Waals surface area contributed by atoms with Gasteiger partial charge in [-0.2, -0.15) is 11.8 Å². The molecule has 0 unspecified atom stereocenters. The number of carbonyl (C=O) groups is 2. The van der Waals surface area contributed by atoms with Gasteiger partial charge < -0.3 is 10.1 Å². The Bertz CT molecular complexity index is 539. The summed E-state index contributed by atoms with van der Waals surface area (Å²) < 4.78 is 4.86. The van der Waals surface area contributed by atoms with Crippen molar-refractivity contribution in [1.82, 2.24) is 5.32 Å². The predicted octanol–water partition coefficient (Wildman–Crippen LogP) is 3.16. The number of hydrogen-bond acceptors (Lipinski definition) is 4. The molecule has 2 rings (SSSR count). The van der Waals surface area contributed by atoms with E-state index in [0.29, 0.717) is 28.5 Å². The van der Waals surface area contributed by atoms with Gasteiger partial charge in [0, 0.05) is 15.6 Å². The van der Waals surface area contributed by atoms with Gasteiger partial charge in [-0.15, -0.1) is 0 Å². The van der Waals surface area contributed by atoms with Gasteiger partial charge in [0.2, 0.25) is 0 Å². The van der Waals surface area contributed by atoms with Crippen molar-refractivity contribution >= 4 is 46.8 Å². The van der Waals surface area contributed by atoms with E-state index >= 15 is 0 Å². The SMILES string of the molecule is COC(=O)C1(NC(=O)c2cc(Cl)cc(Cl)c2)CCSCC1. The van der Waals surface area contributed by atoms with Crippen LogP contribution in [-0.4, -0.2) is 36.0 Å². The lowest BCUT2D eigenvalue weighted by Crippen LogP contribution is -2.57. The molecule has 1 amide bonds. The number of rotatable bonds is 3. The molecular weight excluding hydrogens is 333 g/mol. The molecule has 0 saturated carbocycles. The summed E-state index contributed by atoms with van der Waals surface area (Å²) in [6, 6.07) is 4.59. The number of thioether (sulfide) groups is 1. The number of halogens is 2. The maximum Gasteiger partial charge on any atom is 0.331 e. The second-order valence-corrected chi connectivity index (χ2v) is 6.90. The summed E-state index contributed by atoms with van der Waals surface area (Å²) in [7, 11) is 1.33. The number of ether oxygens (including phenoxy) is 1. The summed E-state index contributed by atoms with van der Waals surface area (Å²) >= 11 is 13.6. The van der Waals surface area contributed by atoms with Gasteiger partial charge >= 0.3 is 5.97 Å². The van der Waals surface area contributed by atoms with Crippen molar-refractivity contribution in [1.29, 1.82) is 0 Å². The number of amides is 1. The minimum atomic E-state index is -0.966. The predicted molar refractivity (Wildman–Crippen MR) is 85.2 cm³/mol. The van der Waals surface area contributed by atoms with Gasteiger partial charge in [0.1, 0.15) is 5.54 Å². The average Bonchev–Trinajstić information content (AvgIpc) is 2.46. The Kier molecular flexibility index (Phi) is 5.41. The lowest BCUT2D eigenvalue weighted by molar-refractivity contribution is -0.148. The van der Waals surface area contributed by atoms with Crippen LogP contribution in [0, 0.1) is 0 Å². The third-order valence-corrected chi connectivity index (χ3v) is 4.82. The molecule has 0 bridgehead atoms. The maximum absolute atomic E-state index is 12.4. The number of nitrogens with one attached hydrogen (secondary N) is 1. The molecule has 114 valence electrons. The second kappa shape index (κ2) is 6.90. The standard InChI is InChI=1S/C14H15Cl2NO3S/c1-20-13(19)14(2-4-21-5-3-14)17-12(18)9-6-10(15)8-11(16)7-9/h6-8H,2-5H2,1H3,(H,17,18). The summed E-state index contributed by atoms with van der Waals surface area (Å²) in [5, 5.41) is 3.56. The van der Waals surface area contributed by atoms with Crippen LogP contribution in [0.5, 0.6) is 0 Å². The third kappa shape index (κ3) is 3.84. The average molecular weight is 348 g/mol. The summed E-state index contributed by atoms with van der Waals surface area (Å²) in [5.74, 6) is 0.804. The quantitative estimate of drug-likeness (QED) is 0.853. The van der Waals surface area contributed by atoms with Gasteiger partial charge in [0.25, 0.3) is 5.91 Å². The van der Waals surface area contributed by atoms with Crippen LogP contribution in [0.2, 0.25) is 10.0 Å². The highest BCUT2D eigenvalue weighted by atomic mass is 35.5. The number of esters is 1. The first-order chi connectivity index (χ1) is 9.97. The van der Waals surface area contributed by atoms with Gasteiger partial charge in [-0.3, -0.25) is 4.79 Å². The van der Waals surface area contributed by atoms with E-state index in [1.807, 2.05) is 0 Å². The molecule has 0 aromatic heterocycles. The summed E-state index contributed by atoms with van der Waals surface area (Å²) in [4.78, 5) is 24.5. The fraction of sp³-hybridized carbons (Fsp3) is 0.429. The van der Waals surface area contributed by atoms with Crippen molar-refractivity contribution in [3.05, 3.63) is 33.8 Å². The van der Waals surface area contributed by atoms with Crippen molar-refractivity contribution < 1.29 is 14.3 Å². The molecule has 1 aromatic carbocycles.